The average Bonchev–Trinajstić information content (AvgIpc) is 3.29. The molecule has 1 aliphatic carbocycles. The Morgan fingerprint density at radius 2 is 1.69 bits per heavy atom. The Morgan fingerprint density at radius 1 is 1.12 bits per heavy atom. The van der Waals surface area contributed by atoms with E-state index in [1.54, 1.807) is 5.32 Å². The van der Waals surface area contributed by atoms with Crippen molar-refractivity contribution in [3.8, 4) is 0 Å². The number of halogens is 7. The number of nitrogens with zero attached hydrogens (tertiary/aromatic N) is 2. The first-order valence-corrected chi connectivity index (χ1v) is 7.35. The van der Waals surface area contributed by atoms with Crippen LogP contribution in [-0.2, 0) is 17.5 Å². The van der Waals surface area contributed by atoms with Crippen LogP contribution in [0, 0.1) is 23.3 Å². The molecule has 0 spiro atoms. The zero-order chi connectivity index (χ0) is 19.2. The molecule has 3 rings (SSSR count). The van der Waals surface area contributed by atoms with Gasteiger partial charge < -0.3 is 5.32 Å². The van der Waals surface area contributed by atoms with Crippen LogP contribution in [0.15, 0.2) is 12.1 Å². The van der Waals surface area contributed by atoms with Gasteiger partial charge in [0.15, 0.2) is 29.0 Å². The van der Waals surface area contributed by atoms with Crippen LogP contribution in [-0.4, -0.2) is 15.7 Å². The molecule has 1 fully saturated rings. The number of nitrogens with one attached hydrogen (secondary N) is 1. The Labute approximate surface area is 141 Å². The summed E-state index contributed by atoms with van der Waals surface area (Å²) in [6.07, 6.45) is -3.50. The summed E-state index contributed by atoms with van der Waals surface area (Å²) in [6.45, 7) is -0.807. The minimum absolute atomic E-state index is 0.0331. The number of carbonyl (C=O) groups excluding carboxylic acids is 1. The first-order chi connectivity index (χ1) is 12.1. The summed E-state index contributed by atoms with van der Waals surface area (Å²) < 4.78 is 92.5. The van der Waals surface area contributed by atoms with Crippen LogP contribution >= 0.6 is 0 Å². The van der Waals surface area contributed by atoms with Crippen LogP contribution in [0.3, 0.4) is 0 Å². The van der Waals surface area contributed by atoms with Crippen LogP contribution in [0.4, 0.5) is 36.4 Å². The lowest BCUT2D eigenvalue weighted by Crippen LogP contribution is -2.23. The monoisotopic (exact) mass is 381 g/mol. The van der Waals surface area contributed by atoms with Crippen molar-refractivity contribution in [1.82, 2.24) is 9.78 Å². The molecule has 4 nitrogen and oxygen atoms in total. The summed E-state index contributed by atoms with van der Waals surface area (Å²) >= 11 is 0. The first kappa shape index (κ1) is 18.2. The van der Waals surface area contributed by atoms with Crippen molar-refractivity contribution in [2.75, 3.05) is 5.32 Å². The van der Waals surface area contributed by atoms with E-state index in [-0.39, 0.29) is 17.7 Å². The summed E-state index contributed by atoms with van der Waals surface area (Å²) in [5.41, 5.74) is -2.41. The van der Waals surface area contributed by atoms with E-state index in [1.807, 2.05) is 0 Å². The predicted molar refractivity (Wildman–Crippen MR) is 74.1 cm³/mol. The summed E-state index contributed by atoms with van der Waals surface area (Å²) in [6, 6.07) is 0.766. The second kappa shape index (κ2) is 6.29. The van der Waals surface area contributed by atoms with Crippen molar-refractivity contribution in [3.05, 3.63) is 46.8 Å². The van der Waals surface area contributed by atoms with E-state index in [0.717, 1.165) is 10.7 Å². The minimum Gasteiger partial charge on any atom is -0.319 e. The normalized spacial score (nSPS) is 14.6. The topological polar surface area (TPSA) is 46.9 Å². The first-order valence-electron chi connectivity index (χ1n) is 7.35. The molecule has 0 bridgehead atoms. The van der Waals surface area contributed by atoms with Crippen LogP contribution < -0.4 is 5.32 Å². The van der Waals surface area contributed by atoms with Crippen molar-refractivity contribution in [1.29, 1.82) is 0 Å². The van der Waals surface area contributed by atoms with Gasteiger partial charge in [-0.3, -0.25) is 9.48 Å². The number of aromatic nitrogens is 2. The number of carbonyl (C=O) groups is 1. The van der Waals surface area contributed by atoms with Gasteiger partial charge in [-0.15, -0.1) is 0 Å². The molecule has 2 aromatic rings. The third kappa shape index (κ3) is 3.51. The number of anilines is 1. The van der Waals surface area contributed by atoms with Crippen molar-refractivity contribution in [2.45, 2.75) is 31.5 Å². The summed E-state index contributed by atoms with van der Waals surface area (Å²) in [4.78, 5) is 11.9. The van der Waals surface area contributed by atoms with Gasteiger partial charge in [0.2, 0.25) is 5.91 Å². The van der Waals surface area contributed by atoms with Crippen molar-refractivity contribution < 1.29 is 35.5 Å². The predicted octanol–water partition coefficient (Wildman–Crippen LogP) is 3.97. The Bertz CT molecular complexity index is 845. The largest absolute Gasteiger partial charge is 0.435 e. The summed E-state index contributed by atoms with van der Waals surface area (Å²) in [5.74, 6) is -8.49. The molecule has 1 aliphatic rings. The zero-order valence-corrected chi connectivity index (χ0v) is 12.8. The maximum Gasteiger partial charge on any atom is 0.435 e. The third-order valence-electron chi connectivity index (χ3n) is 3.77. The molecule has 1 amide bonds. The molecule has 0 unspecified atom stereocenters. The van der Waals surface area contributed by atoms with Gasteiger partial charge in [0, 0.05) is 17.7 Å². The minimum atomic E-state index is -4.73. The van der Waals surface area contributed by atoms with Crippen molar-refractivity contribution in [3.63, 3.8) is 0 Å². The number of amides is 1. The van der Waals surface area contributed by atoms with E-state index in [2.05, 4.69) is 5.10 Å². The molecule has 11 heteroatoms. The lowest BCUT2D eigenvalue weighted by atomic mass is 10.2. The number of hydrogen-bond acceptors (Lipinski definition) is 2. The highest BCUT2D eigenvalue weighted by atomic mass is 19.4. The summed E-state index contributed by atoms with van der Waals surface area (Å²) in [5, 5.41) is 4.93. The van der Waals surface area contributed by atoms with Crippen LogP contribution in [0.1, 0.15) is 30.1 Å². The Morgan fingerprint density at radius 3 is 2.19 bits per heavy atom. The molecule has 0 atom stereocenters. The van der Waals surface area contributed by atoms with Crippen LogP contribution in [0.2, 0.25) is 0 Å². The zero-order valence-electron chi connectivity index (χ0n) is 12.8. The molecule has 1 aromatic carbocycles. The molecule has 26 heavy (non-hydrogen) atoms. The van der Waals surface area contributed by atoms with E-state index < -0.39 is 53.3 Å². The number of hydrogen-bond donors (Lipinski definition) is 1. The Hall–Kier alpha value is -2.59. The standard InChI is InChI=1S/C15H10F7N3O/c16-7-3-8(17)13(19)14(12(7)18)23-11(26)5-25-9(6-1-2-6)4-10(24-25)15(20,21)22/h3-4,6H,1-2,5H2,(H,23,26). The smallest absolute Gasteiger partial charge is 0.319 e. The van der Waals surface area contributed by atoms with Gasteiger partial charge >= 0.3 is 6.18 Å². The number of rotatable bonds is 4. The van der Waals surface area contributed by atoms with Crippen molar-refractivity contribution in [2.24, 2.45) is 0 Å². The molecule has 1 saturated carbocycles. The molecular formula is C15H10F7N3O. The molecule has 140 valence electrons. The van der Waals surface area contributed by atoms with Crippen LogP contribution in [0.5, 0.6) is 0 Å². The van der Waals surface area contributed by atoms with Gasteiger partial charge in [-0.1, -0.05) is 0 Å². The van der Waals surface area contributed by atoms with Gasteiger partial charge in [0.25, 0.3) is 0 Å². The maximum atomic E-state index is 13.6. The fraction of sp³-hybridized carbons (Fsp3) is 0.333. The molecule has 1 heterocycles. The lowest BCUT2D eigenvalue weighted by Gasteiger charge is -2.10. The highest BCUT2D eigenvalue weighted by molar-refractivity contribution is 5.90. The van der Waals surface area contributed by atoms with Gasteiger partial charge in [-0.05, 0) is 18.9 Å². The van der Waals surface area contributed by atoms with E-state index in [4.69, 9.17) is 0 Å². The second-order valence-electron chi connectivity index (χ2n) is 5.78. The third-order valence-corrected chi connectivity index (χ3v) is 3.77. The van der Waals surface area contributed by atoms with Gasteiger partial charge in [-0.25, -0.2) is 17.6 Å². The Balaban J connectivity index is 1.84. The average molecular weight is 381 g/mol. The van der Waals surface area contributed by atoms with E-state index in [9.17, 15) is 35.5 Å². The number of alkyl halides is 3. The maximum absolute atomic E-state index is 13.6. The second-order valence-corrected chi connectivity index (χ2v) is 5.78. The van der Waals surface area contributed by atoms with Gasteiger partial charge in [-0.2, -0.15) is 18.3 Å². The quantitative estimate of drug-likeness (QED) is 0.644. The molecule has 0 radical (unpaired) electrons. The van der Waals surface area contributed by atoms with E-state index in [1.165, 1.54) is 0 Å². The van der Waals surface area contributed by atoms with E-state index in [0.29, 0.717) is 12.8 Å². The molecule has 1 N–H and O–H groups in total. The van der Waals surface area contributed by atoms with Gasteiger partial charge in [0.1, 0.15) is 12.2 Å². The van der Waals surface area contributed by atoms with Crippen molar-refractivity contribution >= 4 is 11.6 Å². The summed E-state index contributed by atoms with van der Waals surface area (Å²) in [7, 11) is 0. The van der Waals surface area contributed by atoms with E-state index >= 15 is 0 Å². The fourth-order valence-electron chi connectivity index (χ4n) is 2.40. The highest BCUT2D eigenvalue weighted by Gasteiger charge is 2.38. The Kier molecular flexibility index (Phi) is 4.41. The molecule has 0 saturated heterocycles. The highest BCUT2D eigenvalue weighted by Crippen LogP contribution is 2.42. The lowest BCUT2D eigenvalue weighted by molar-refractivity contribution is -0.141. The molecule has 1 aromatic heterocycles. The molecular weight excluding hydrogens is 371 g/mol. The SMILES string of the molecule is O=C(Cn1nc(C(F)(F)F)cc1C1CC1)Nc1c(F)c(F)cc(F)c1F. The number of benzene rings is 1. The van der Waals surface area contributed by atoms with Crippen LogP contribution in [0.25, 0.3) is 0 Å². The molecule has 0 aliphatic heterocycles. The van der Waals surface area contributed by atoms with Gasteiger partial charge in [0.05, 0.1) is 0 Å². The fourth-order valence-corrected chi connectivity index (χ4v) is 2.40.